The van der Waals surface area contributed by atoms with Crippen LogP contribution >= 0.6 is 11.8 Å². The van der Waals surface area contributed by atoms with Gasteiger partial charge < -0.3 is 10.6 Å². The standard InChI is InChI=1S/C22H27N3O4S2/c1-17-4-8-19(9-5-17)24-22(27)16-30-15-21(26)23-14-18-6-10-20(11-7-18)31(28,29)25-12-2-3-13-25/h4-11H,2-3,12-16H2,1H3,(H,23,26)(H,24,27). The zero-order chi connectivity index (χ0) is 22.3. The van der Waals surface area contributed by atoms with Crippen LogP contribution in [0.2, 0.25) is 0 Å². The number of hydrogen-bond acceptors (Lipinski definition) is 5. The van der Waals surface area contributed by atoms with Gasteiger partial charge in [0.05, 0.1) is 16.4 Å². The number of anilines is 1. The van der Waals surface area contributed by atoms with Crippen molar-refractivity contribution < 1.29 is 18.0 Å². The first-order valence-electron chi connectivity index (χ1n) is 10.1. The van der Waals surface area contributed by atoms with E-state index in [9.17, 15) is 18.0 Å². The van der Waals surface area contributed by atoms with Crippen molar-refractivity contribution in [1.29, 1.82) is 0 Å². The summed E-state index contributed by atoms with van der Waals surface area (Å²) >= 11 is 1.24. The van der Waals surface area contributed by atoms with Gasteiger partial charge in [-0.05, 0) is 49.6 Å². The molecule has 0 saturated carbocycles. The second kappa shape index (κ2) is 10.8. The third kappa shape index (κ3) is 6.81. The molecule has 1 aliphatic heterocycles. The van der Waals surface area contributed by atoms with E-state index in [-0.39, 0.29) is 28.2 Å². The monoisotopic (exact) mass is 461 g/mol. The summed E-state index contributed by atoms with van der Waals surface area (Å²) in [6.45, 7) is 3.42. The maximum Gasteiger partial charge on any atom is 0.243 e. The average Bonchev–Trinajstić information content (AvgIpc) is 3.30. The van der Waals surface area contributed by atoms with Gasteiger partial charge in [0.25, 0.3) is 0 Å². The molecule has 0 atom stereocenters. The van der Waals surface area contributed by atoms with Crippen LogP contribution < -0.4 is 10.6 Å². The lowest BCUT2D eigenvalue weighted by Crippen LogP contribution is -2.28. The fraction of sp³-hybridized carbons (Fsp3) is 0.364. The van der Waals surface area contributed by atoms with Gasteiger partial charge in [-0.2, -0.15) is 4.31 Å². The molecule has 0 spiro atoms. The molecule has 0 aromatic heterocycles. The second-order valence-electron chi connectivity index (χ2n) is 7.44. The number of carbonyl (C=O) groups excluding carboxylic acids is 2. The fourth-order valence-electron chi connectivity index (χ4n) is 3.18. The normalized spacial score (nSPS) is 14.4. The van der Waals surface area contributed by atoms with Gasteiger partial charge in [-0.1, -0.05) is 29.8 Å². The third-order valence-corrected chi connectivity index (χ3v) is 7.76. The van der Waals surface area contributed by atoms with E-state index >= 15 is 0 Å². The lowest BCUT2D eigenvalue weighted by molar-refractivity contribution is -0.118. The zero-order valence-electron chi connectivity index (χ0n) is 17.5. The van der Waals surface area contributed by atoms with Crippen LogP contribution in [0.1, 0.15) is 24.0 Å². The highest BCUT2D eigenvalue weighted by Gasteiger charge is 2.26. The Balaban J connectivity index is 1.38. The molecule has 0 unspecified atom stereocenters. The van der Waals surface area contributed by atoms with Crippen LogP contribution in [0.3, 0.4) is 0 Å². The first kappa shape index (κ1) is 23.3. The van der Waals surface area contributed by atoms with Crippen molar-refractivity contribution in [2.75, 3.05) is 29.9 Å². The van der Waals surface area contributed by atoms with E-state index in [1.54, 1.807) is 24.3 Å². The van der Waals surface area contributed by atoms with Crippen LogP contribution in [0, 0.1) is 6.92 Å². The molecule has 0 aliphatic carbocycles. The minimum Gasteiger partial charge on any atom is -0.351 e. The van der Waals surface area contributed by atoms with Crippen molar-refractivity contribution in [3.05, 3.63) is 59.7 Å². The van der Waals surface area contributed by atoms with E-state index in [4.69, 9.17) is 0 Å². The number of rotatable bonds is 9. The Bertz CT molecular complexity index is 1000. The molecule has 0 bridgehead atoms. The molecule has 1 heterocycles. The highest BCUT2D eigenvalue weighted by Crippen LogP contribution is 2.21. The molecular weight excluding hydrogens is 434 g/mol. The van der Waals surface area contributed by atoms with Gasteiger partial charge in [-0.15, -0.1) is 11.8 Å². The number of sulfonamides is 1. The minimum absolute atomic E-state index is 0.156. The van der Waals surface area contributed by atoms with Crippen molar-refractivity contribution in [3.8, 4) is 0 Å². The maximum atomic E-state index is 12.5. The molecule has 3 rings (SSSR count). The van der Waals surface area contributed by atoms with E-state index in [0.29, 0.717) is 19.6 Å². The summed E-state index contributed by atoms with van der Waals surface area (Å²) in [4.78, 5) is 24.3. The number of thioether (sulfide) groups is 1. The Morgan fingerprint density at radius 3 is 2.19 bits per heavy atom. The molecule has 1 saturated heterocycles. The van der Waals surface area contributed by atoms with Crippen molar-refractivity contribution in [3.63, 3.8) is 0 Å². The van der Waals surface area contributed by atoms with Crippen molar-refractivity contribution >= 4 is 39.3 Å². The molecule has 7 nitrogen and oxygen atoms in total. The molecule has 2 amide bonds. The molecular formula is C22H27N3O4S2. The highest BCUT2D eigenvalue weighted by molar-refractivity contribution is 8.00. The number of nitrogens with one attached hydrogen (secondary N) is 2. The summed E-state index contributed by atoms with van der Waals surface area (Å²) in [7, 11) is -3.43. The molecule has 0 radical (unpaired) electrons. The first-order valence-corrected chi connectivity index (χ1v) is 12.7. The molecule has 2 aromatic rings. The predicted octanol–water partition coefficient (Wildman–Crippen LogP) is 2.77. The number of carbonyl (C=O) groups is 2. The van der Waals surface area contributed by atoms with E-state index in [1.165, 1.54) is 16.1 Å². The molecule has 2 N–H and O–H groups in total. The summed E-state index contributed by atoms with van der Waals surface area (Å²) in [5, 5.41) is 5.58. The molecule has 9 heteroatoms. The van der Waals surface area contributed by atoms with Gasteiger partial charge in [0.2, 0.25) is 21.8 Å². The van der Waals surface area contributed by atoms with E-state index in [0.717, 1.165) is 29.7 Å². The summed E-state index contributed by atoms with van der Waals surface area (Å²) < 4.78 is 26.6. The van der Waals surface area contributed by atoms with Crippen LogP contribution in [0.5, 0.6) is 0 Å². The SMILES string of the molecule is Cc1ccc(NC(=O)CSCC(=O)NCc2ccc(S(=O)(=O)N3CCCC3)cc2)cc1. The van der Waals surface area contributed by atoms with Crippen molar-refractivity contribution in [2.24, 2.45) is 0 Å². The average molecular weight is 462 g/mol. The van der Waals surface area contributed by atoms with Gasteiger partial charge in [-0.3, -0.25) is 9.59 Å². The van der Waals surface area contributed by atoms with Crippen LogP contribution in [0.15, 0.2) is 53.4 Å². The van der Waals surface area contributed by atoms with Gasteiger partial charge in [0.1, 0.15) is 0 Å². The Hall–Kier alpha value is -2.36. The summed E-state index contributed by atoms with van der Waals surface area (Å²) in [6.07, 6.45) is 1.80. The van der Waals surface area contributed by atoms with Crippen LogP contribution in [-0.4, -0.2) is 49.1 Å². The topological polar surface area (TPSA) is 95.6 Å². The smallest absolute Gasteiger partial charge is 0.243 e. The fourth-order valence-corrected chi connectivity index (χ4v) is 5.34. The number of hydrogen-bond donors (Lipinski definition) is 2. The zero-order valence-corrected chi connectivity index (χ0v) is 19.1. The second-order valence-corrected chi connectivity index (χ2v) is 10.4. The van der Waals surface area contributed by atoms with Crippen LogP contribution in [0.25, 0.3) is 0 Å². The summed E-state index contributed by atoms with van der Waals surface area (Å²) in [6, 6.07) is 14.1. The Morgan fingerprint density at radius 1 is 0.935 bits per heavy atom. The molecule has 31 heavy (non-hydrogen) atoms. The highest BCUT2D eigenvalue weighted by atomic mass is 32.2. The van der Waals surface area contributed by atoms with Crippen LogP contribution in [0.4, 0.5) is 5.69 Å². The summed E-state index contributed by atoms with van der Waals surface area (Å²) in [5.41, 5.74) is 2.67. The molecule has 2 aromatic carbocycles. The van der Waals surface area contributed by atoms with E-state index in [2.05, 4.69) is 10.6 Å². The number of benzene rings is 2. The van der Waals surface area contributed by atoms with E-state index in [1.807, 2.05) is 31.2 Å². The third-order valence-electron chi connectivity index (χ3n) is 4.92. The number of amides is 2. The van der Waals surface area contributed by atoms with Crippen molar-refractivity contribution in [1.82, 2.24) is 9.62 Å². The van der Waals surface area contributed by atoms with Gasteiger partial charge in [0.15, 0.2) is 0 Å². The Morgan fingerprint density at radius 2 is 1.55 bits per heavy atom. The first-order chi connectivity index (χ1) is 14.8. The molecule has 166 valence electrons. The van der Waals surface area contributed by atoms with Gasteiger partial charge >= 0.3 is 0 Å². The predicted molar refractivity (Wildman–Crippen MR) is 123 cm³/mol. The lowest BCUT2D eigenvalue weighted by atomic mass is 10.2. The molecule has 1 aliphatic rings. The minimum atomic E-state index is -3.43. The van der Waals surface area contributed by atoms with Crippen molar-refractivity contribution in [2.45, 2.75) is 31.2 Å². The Kier molecular flexibility index (Phi) is 8.11. The van der Waals surface area contributed by atoms with Gasteiger partial charge in [-0.25, -0.2) is 8.42 Å². The van der Waals surface area contributed by atoms with E-state index < -0.39 is 10.0 Å². The molecule has 1 fully saturated rings. The quantitative estimate of drug-likeness (QED) is 0.599. The van der Waals surface area contributed by atoms with Gasteiger partial charge in [0, 0.05) is 25.3 Å². The number of aryl methyl sites for hydroxylation is 1. The lowest BCUT2D eigenvalue weighted by Gasteiger charge is -2.15. The maximum absolute atomic E-state index is 12.5. The Labute approximate surface area is 187 Å². The van der Waals surface area contributed by atoms with Crippen LogP contribution in [-0.2, 0) is 26.2 Å². The number of nitrogens with zero attached hydrogens (tertiary/aromatic N) is 1. The largest absolute Gasteiger partial charge is 0.351 e. The summed E-state index contributed by atoms with van der Waals surface area (Å²) in [5.74, 6) is 0.0194.